The van der Waals surface area contributed by atoms with Gasteiger partial charge in [-0.1, -0.05) is 12.1 Å². The second kappa shape index (κ2) is 7.70. The van der Waals surface area contributed by atoms with Crippen LogP contribution in [-0.2, 0) is 6.42 Å². The number of hydrogen-bond donors (Lipinski definition) is 2. The summed E-state index contributed by atoms with van der Waals surface area (Å²) in [7, 11) is 1.57. The van der Waals surface area contributed by atoms with E-state index < -0.39 is 0 Å². The summed E-state index contributed by atoms with van der Waals surface area (Å²) in [4.78, 5) is 20.1. The number of carbonyl (C=O) groups is 1. The van der Waals surface area contributed by atoms with Crippen LogP contribution >= 0.6 is 0 Å². The van der Waals surface area contributed by atoms with Crippen LogP contribution in [0, 0.1) is 0 Å². The van der Waals surface area contributed by atoms with Crippen molar-refractivity contribution in [3.63, 3.8) is 0 Å². The molecule has 0 saturated heterocycles. The molecule has 6 nitrogen and oxygen atoms in total. The Kier molecular flexibility index (Phi) is 5.18. The maximum Gasteiger partial charge on any atom is 0.251 e. The number of rotatable bonds is 7. The maximum atomic E-state index is 12.3. The number of amides is 1. The highest BCUT2D eigenvalue weighted by molar-refractivity contribution is 5.94. The summed E-state index contributed by atoms with van der Waals surface area (Å²) in [6, 6.07) is 13.0. The summed E-state index contributed by atoms with van der Waals surface area (Å²) < 4.78 is 10.7. The third-order valence-electron chi connectivity index (χ3n) is 3.81. The molecule has 0 bridgehead atoms. The van der Waals surface area contributed by atoms with Crippen molar-refractivity contribution in [2.45, 2.75) is 13.3 Å². The van der Waals surface area contributed by atoms with Crippen molar-refractivity contribution in [3.05, 3.63) is 53.9 Å². The molecule has 0 unspecified atom stereocenters. The number of imidazole rings is 1. The number of aromatic amines is 1. The van der Waals surface area contributed by atoms with Crippen molar-refractivity contribution in [2.75, 3.05) is 20.3 Å². The number of aromatic nitrogens is 2. The summed E-state index contributed by atoms with van der Waals surface area (Å²) in [5.41, 5.74) is 2.47. The van der Waals surface area contributed by atoms with Gasteiger partial charge in [0.2, 0.25) is 0 Å². The summed E-state index contributed by atoms with van der Waals surface area (Å²) >= 11 is 0. The Morgan fingerprint density at radius 2 is 2.04 bits per heavy atom. The van der Waals surface area contributed by atoms with Crippen molar-refractivity contribution in [1.29, 1.82) is 0 Å². The second-order valence-electron chi connectivity index (χ2n) is 5.51. The number of nitrogens with zero attached hydrogens (tertiary/aromatic N) is 1. The lowest BCUT2D eigenvalue weighted by atomic mass is 10.2. The van der Waals surface area contributed by atoms with Gasteiger partial charge in [-0.3, -0.25) is 4.79 Å². The number of carbonyl (C=O) groups excluding carboxylic acids is 1. The van der Waals surface area contributed by atoms with Gasteiger partial charge in [0.25, 0.3) is 5.91 Å². The average Bonchev–Trinajstić information content (AvgIpc) is 3.04. The van der Waals surface area contributed by atoms with E-state index in [0.29, 0.717) is 36.6 Å². The van der Waals surface area contributed by atoms with Gasteiger partial charge in [0.15, 0.2) is 11.5 Å². The zero-order valence-corrected chi connectivity index (χ0v) is 14.3. The maximum absolute atomic E-state index is 12.3. The first kappa shape index (κ1) is 16.8. The number of benzene rings is 2. The molecule has 1 heterocycles. The van der Waals surface area contributed by atoms with Crippen molar-refractivity contribution >= 4 is 16.9 Å². The average molecular weight is 339 g/mol. The van der Waals surface area contributed by atoms with Gasteiger partial charge in [0.1, 0.15) is 5.82 Å². The standard InChI is InChI=1S/C19H21N3O3/c1-3-25-17-12-13(8-9-16(17)24-2)19(23)20-11-10-18-21-14-6-4-5-7-15(14)22-18/h4-9,12H,3,10-11H2,1-2H3,(H,20,23)(H,21,22). The van der Waals surface area contributed by atoms with E-state index in [9.17, 15) is 4.79 Å². The molecule has 2 N–H and O–H groups in total. The Labute approximate surface area is 146 Å². The molecule has 0 fully saturated rings. The van der Waals surface area contributed by atoms with E-state index >= 15 is 0 Å². The minimum absolute atomic E-state index is 0.153. The Hall–Kier alpha value is -3.02. The first-order valence-corrected chi connectivity index (χ1v) is 8.24. The zero-order chi connectivity index (χ0) is 17.6. The molecule has 6 heteroatoms. The lowest BCUT2D eigenvalue weighted by molar-refractivity contribution is 0.0953. The van der Waals surface area contributed by atoms with E-state index in [-0.39, 0.29) is 5.91 Å². The quantitative estimate of drug-likeness (QED) is 0.694. The van der Waals surface area contributed by atoms with Crippen LogP contribution in [0.15, 0.2) is 42.5 Å². The van der Waals surface area contributed by atoms with Gasteiger partial charge in [-0.25, -0.2) is 4.98 Å². The Morgan fingerprint density at radius 1 is 1.20 bits per heavy atom. The Morgan fingerprint density at radius 3 is 2.80 bits per heavy atom. The van der Waals surface area contributed by atoms with Gasteiger partial charge in [-0.15, -0.1) is 0 Å². The number of methoxy groups -OCH3 is 1. The summed E-state index contributed by atoms with van der Waals surface area (Å²) in [5, 5.41) is 2.90. The summed E-state index contributed by atoms with van der Waals surface area (Å²) in [5.74, 6) is 1.88. The SMILES string of the molecule is CCOc1cc(C(=O)NCCc2nc3ccccc3[nH]2)ccc1OC. The number of ether oxygens (including phenoxy) is 2. The van der Waals surface area contributed by atoms with Crippen molar-refractivity contribution in [3.8, 4) is 11.5 Å². The number of hydrogen-bond acceptors (Lipinski definition) is 4. The third-order valence-corrected chi connectivity index (χ3v) is 3.81. The first-order valence-electron chi connectivity index (χ1n) is 8.24. The second-order valence-corrected chi connectivity index (χ2v) is 5.51. The molecular weight excluding hydrogens is 318 g/mol. The van der Waals surface area contributed by atoms with E-state index in [1.807, 2.05) is 31.2 Å². The van der Waals surface area contributed by atoms with Gasteiger partial charge >= 0.3 is 0 Å². The van der Waals surface area contributed by atoms with E-state index in [1.54, 1.807) is 25.3 Å². The third kappa shape index (κ3) is 3.91. The molecule has 0 saturated carbocycles. The van der Waals surface area contributed by atoms with Crippen LogP contribution in [0.3, 0.4) is 0 Å². The van der Waals surface area contributed by atoms with Gasteiger partial charge in [0, 0.05) is 18.5 Å². The molecule has 0 atom stereocenters. The molecule has 0 aliphatic rings. The topological polar surface area (TPSA) is 76.2 Å². The fourth-order valence-corrected chi connectivity index (χ4v) is 2.61. The smallest absolute Gasteiger partial charge is 0.251 e. The number of H-pyrrole nitrogens is 1. The molecule has 1 aromatic heterocycles. The van der Waals surface area contributed by atoms with Gasteiger partial charge in [-0.05, 0) is 37.3 Å². The monoisotopic (exact) mass is 339 g/mol. The molecule has 0 aliphatic carbocycles. The molecule has 130 valence electrons. The minimum Gasteiger partial charge on any atom is -0.493 e. The van der Waals surface area contributed by atoms with Crippen LogP contribution in [0.25, 0.3) is 11.0 Å². The zero-order valence-electron chi connectivity index (χ0n) is 14.3. The molecular formula is C19H21N3O3. The number of fused-ring (bicyclic) bond motifs is 1. The van der Waals surface area contributed by atoms with Crippen molar-refractivity contribution < 1.29 is 14.3 Å². The number of para-hydroxylation sites is 2. The van der Waals surface area contributed by atoms with E-state index in [1.165, 1.54) is 0 Å². The predicted octanol–water partition coefficient (Wildman–Crippen LogP) is 2.94. The highest BCUT2D eigenvalue weighted by Gasteiger charge is 2.11. The van der Waals surface area contributed by atoms with Crippen LogP contribution in [0.4, 0.5) is 0 Å². The number of nitrogens with one attached hydrogen (secondary N) is 2. The molecule has 3 rings (SSSR count). The predicted molar refractivity (Wildman–Crippen MR) is 96.3 cm³/mol. The molecule has 3 aromatic rings. The highest BCUT2D eigenvalue weighted by Crippen LogP contribution is 2.27. The summed E-state index contributed by atoms with van der Waals surface area (Å²) in [6.07, 6.45) is 0.634. The molecule has 0 spiro atoms. The molecule has 2 aromatic carbocycles. The van der Waals surface area contributed by atoms with Gasteiger partial charge in [-0.2, -0.15) is 0 Å². The highest BCUT2D eigenvalue weighted by atomic mass is 16.5. The van der Waals surface area contributed by atoms with E-state index in [0.717, 1.165) is 16.9 Å². The van der Waals surface area contributed by atoms with Gasteiger partial charge < -0.3 is 19.8 Å². The van der Waals surface area contributed by atoms with Crippen LogP contribution in [-0.4, -0.2) is 36.1 Å². The normalized spacial score (nSPS) is 10.6. The van der Waals surface area contributed by atoms with Crippen LogP contribution in [0.1, 0.15) is 23.1 Å². The van der Waals surface area contributed by atoms with E-state index in [2.05, 4.69) is 15.3 Å². The molecule has 0 aliphatic heterocycles. The largest absolute Gasteiger partial charge is 0.493 e. The molecule has 0 radical (unpaired) electrons. The fourth-order valence-electron chi connectivity index (χ4n) is 2.61. The fraction of sp³-hybridized carbons (Fsp3) is 0.263. The molecule has 1 amide bonds. The van der Waals surface area contributed by atoms with Crippen molar-refractivity contribution in [1.82, 2.24) is 15.3 Å². The van der Waals surface area contributed by atoms with Gasteiger partial charge in [0.05, 0.1) is 24.8 Å². The van der Waals surface area contributed by atoms with Crippen LogP contribution in [0.5, 0.6) is 11.5 Å². The van der Waals surface area contributed by atoms with Crippen LogP contribution in [0.2, 0.25) is 0 Å². The Bertz CT molecular complexity index is 840. The lowest BCUT2D eigenvalue weighted by Gasteiger charge is -2.11. The summed E-state index contributed by atoms with van der Waals surface area (Å²) in [6.45, 7) is 2.89. The first-order chi connectivity index (χ1) is 12.2. The minimum atomic E-state index is -0.153. The van der Waals surface area contributed by atoms with E-state index in [4.69, 9.17) is 9.47 Å². The molecule has 25 heavy (non-hydrogen) atoms. The van der Waals surface area contributed by atoms with Crippen molar-refractivity contribution in [2.24, 2.45) is 0 Å². The Balaban J connectivity index is 1.61. The van der Waals surface area contributed by atoms with Crippen LogP contribution < -0.4 is 14.8 Å². The lowest BCUT2D eigenvalue weighted by Crippen LogP contribution is -2.26.